The fraction of sp³-hybridized carbons (Fsp3) is 0.533. The zero-order valence-electron chi connectivity index (χ0n) is 12.0. The number of carbonyl (C=O) groups is 1. The predicted octanol–water partition coefficient (Wildman–Crippen LogP) is 2.49. The Morgan fingerprint density at radius 3 is 2.90 bits per heavy atom. The monoisotopic (exact) mass is 291 g/mol. The number of aryl methyl sites for hydroxylation is 1. The summed E-state index contributed by atoms with van der Waals surface area (Å²) < 4.78 is 0.259. The molecule has 2 aliphatic heterocycles. The topological polar surface area (TPSA) is 58.4 Å². The Labute approximate surface area is 124 Å². The van der Waals surface area contributed by atoms with Crippen molar-refractivity contribution in [3.05, 3.63) is 17.7 Å². The number of hydrogen-bond donors (Lipinski definition) is 2. The summed E-state index contributed by atoms with van der Waals surface area (Å²) in [5.41, 5.74) is 10.2. The minimum absolute atomic E-state index is 0.0835. The van der Waals surface area contributed by atoms with Crippen LogP contribution in [0.1, 0.15) is 25.8 Å². The minimum atomic E-state index is 0.0835. The average molecular weight is 291 g/mol. The van der Waals surface area contributed by atoms with Crippen LogP contribution in [-0.2, 0) is 11.2 Å². The van der Waals surface area contributed by atoms with Crippen LogP contribution < -0.4 is 16.0 Å². The van der Waals surface area contributed by atoms with Gasteiger partial charge in [-0.3, -0.25) is 4.79 Å². The van der Waals surface area contributed by atoms with Crippen LogP contribution in [0.2, 0.25) is 0 Å². The molecule has 1 fully saturated rings. The van der Waals surface area contributed by atoms with Crippen molar-refractivity contribution >= 4 is 34.7 Å². The first kappa shape index (κ1) is 13.6. The molecule has 3 N–H and O–H groups in total. The lowest BCUT2D eigenvalue weighted by Crippen LogP contribution is -2.43. The summed E-state index contributed by atoms with van der Waals surface area (Å²) in [7, 11) is 0. The van der Waals surface area contributed by atoms with Crippen molar-refractivity contribution in [1.29, 1.82) is 0 Å². The second kappa shape index (κ2) is 4.88. The molecular formula is C15H21N3OS. The number of nitrogens with zero attached hydrogens (tertiary/aromatic N) is 1. The van der Waals surface area contributed by atoms with Gasteiger partial charge in [-0.1, -0.05) is 0 Å². The molecule has 0 aliphatic carbocycles. The number of anilines is 3. The third kappa shape index (κ3) is 2.59. The highest BCUT2D eigenvalue weighted by Crippen LogP contribution is 2.37. The number of benzene rings is 1. The number of nitrogen functional groups attached to an aromatic ring is 1. The number of fused-ring (bicyclic) bond motifs is 1. The second-order valence-corrected chi connectivity index (χ2v) is 7.95. The van der Waals surface area contributed by atoms with Gasteiger partial charge in [-0.15, -0.1) is 0 Å². The van der Waals surface area contributed by atoms with Gasteiger partial charge < -0.3 is 16.0 Å². The Bertz CT molecular complexity index is 556. The molecule has 20 heavy (non-hydrogen) atoms. The Balaban J connectivity index is 1.92. The molecule has 0 radical (unpaired) electrons. The van der Waals surface area contributed by atoms with Gasteiger partial charge in [0.1, 0.15) is 0 Å². The van der Waals surface area contributed by atoms with Crippen LogP contribution >= 0.6 is 11.8 Å². The standard InChI is InChI=1S/C15H21N3OS/c1-15(2)9-18(5-6-20-15)13-7-10-3-4-14(19)17-12(10)8-11(13)16/h7-8H,3-6,9,16H2,1-2H3,(H,17,19). The van der Waals surface area contributed by atoms with Crippen LogP contribution in [0.25, 0.3) is 0 Å². The van der Waals surface area contributed by atoms with Gasteiger partial charge in [-0.2, -0.15) is 11.8 Å². The van der Waals surface area contributed by atoms with Crippen LogP contribution in [0.15, 0.2) is 12.1 Å². The number of nitrogens with two attached hydrogens (primary N) is 1. The molecule has 1 aromatic rings. The number of thioether (sulfide) groups is 1. The molecule has 5 heteroatoms. The fourth-order valence-corrected chi connectivity index (χ4v) is 4.04. The zero-order chi connectivity index (χ0) is 14.3. The molecule has 3 rings (SSSR count). The molecular weight excluding hydrogens is 270 g/mol. The number of carbonyl (C=O) groups excluding carboxylic acids is 1. The lowest BCUT2D eigenvalue weighted by atomic mass is 10.0. The SMILES string of the molecule is CC1(C)CN(c2cc3c(cc2N)NC(=O)CC3)CCS1. The molecule has 0 aromatic heterocycles. The van der Waals surface area contributed by atoms with Gasteiger partial charge in [0, 0.05) is 35.7 Å². The smallest absolute Gasteiger partial charge is 0.224 e. The van der Waals surface area contributed by atoms with Gasteiger partial charge in [0.2, 0.25) is 5.91 Å². The van der Waals surface area contributed by atoms with Gasteiger partial charge in [0.15, 0.2) is 0 Å². The number of rotatable bonds is 1. The maximum absolute atomic E-state index is 11.4. The summed E-state index contributed by atoms with van der Waals surface area (Å²) >= 11 is 2.01. The van der Waals surface area contributed by atoms with E-state index in [2.05, 4.69) is 30.1 Å². The van der Waals surface area contributed by atoms with Gasteiger partial charge >= 0.3 is 0 Å². The number of amides is 1. The molecule has 0 spiro atoms. The summed E-state index contributed by atoms with van der Waals surface area (Å²) in [5.74, 6) is 1.21. The highest BCUT2D eigenvalue weighted by molar-refractivity contribution is 8.00. The van der Waals surface area contributed by atoms with Crippen molar-refractivity contribution in [2.75, 3.05) is 34.8 Å². The highest BCUT2D eigenvalue weighted by Gasteiger charge is 2.28. The lowest BCUT2D eigenvalue weighted by Gasteiger charge is -2.39. The van der Waals surface area contributed by atoms with E-state index in [1.807, 2.05) is 17.8 Å². The zero-order valence-corrected chi connectivity index (χ0v) is 12.8. The first-order chi connectivity index (χ1) is 9.44. The van der Waals surface area contributed by atoms with Crippen molar-refractivity contribution in [2.45, 2.75) is 31.4 Å². The molecule has 2 heterocycles. The van der Waals surface area contributed by atoms with Crippen LogP contribution in [-0.4, -0.2) is 29.5 Å². The van der Waals surface area contributed by atoms with E-state index in [1.165, 1.54) is 5.56 Å². The van der Waals surface area contributed by atoms with E-state index in [0.29, 0.717) is 6.42 Å². The van der Waals surface area contributed by atoms with E-state index in [-0.39, 0.29) is 10.7 Å². The van der Waals surface area contributed by atoms with Gasteiger partial charge in [-0.25, -0.2) is 0 Å². The highest BCUT2D eigenvalue weighted by atomic mass is 32.2. The molecule has 1 aromatic carbocycles. The third-order valence-corrected chi connectivity index (χ3v) is 5.21. The van der Waals surface area contributed by atoms with Crippen molar-refractivity contribution in [3.63, 3.8) is 0 Å². The summed E-state index contributed by atoms with van der Waals surface area (Å²) in [6, 6.07) is 4.08. The fourth-order valence-electron chi connectivity index (χ4n) is 2.93. The minimum Gasteiger partial charge on any atom is -0.397 e. The molecule has 4 nitrogen and oxygen atoms in total. The van der Waals surface area contributed by atoms with Gasteiger partial charge in [0.25, 0.3) is 0 Å². The summed E-state index contributed by atoms with van der Waals surface area (Å²) in [5, 5.41) is 2.91. The number of hydrogen-bond acceptors (Lipinski definition) is 4. The van der Waals surface area contributed by atoms with E-state index >= 15 is 0 Å². The van der Waals surface area contributed by atoms with E-state index in [0.717, 1.165) is 42.3 Å². The Hall–Kier alpha value is -1.36. The largest absolute Gasteiger partial charge is 0.397 e. The van der Waals surface area contributed by atoms with Crippen molar-refractivity contribution in [3.8, 4) is 0 Å². The molecule has 108 valence electrons. The molecule has 0 atom stereocenters. The van der Waals surface area contributed by atoms with Crippen molar-refractivity contribution < 1.29 is 4.79 Å². The van der Waals surface area contributed by atoms with Crippen LogP contribution in [0.4, 0.5) is 17.1 Å². The van der Waals surface area contributed by atoms with Gasteiger partial charge in [0.05, 0.1) is 11.4 Å². The Morgan fingerprint density at radius 2 is 2.15 bits per heavy atom. The second-order valence-electron chi connectivity index (χ2n) is 6.15. The number of nitrogens with one attached hydrogen (secondary N) is 1. The maximum Gasteiger partial charge on any atom is 0.224 e. The summed E-state index contributed by atoms with van der Waals surface area (Å²) in [6.45, 7) is 6.59. The first-order valence-corrected chi connectivity index (χ1v) is 8.04. The predicted molar refractivity (Wildman–Crippen MR) is 86.6 cm³/mol. The van der Waals surface area contributed by atoms with E-state index in [9.17, 15) is 4.79 Å². The van der Waals surface area contributed by atoms with Crippen LogP contribution in [0, 0.1) is 0 Å². The normalized spacial score (nSPS) is 21.3. The van der Waals surface area contributed by atoms with Crippen molar-refractivity contribution in [1.82, 2.24) is 0 Å². The third-order valence-electron chi connectivity index (χ3n) is 3.91. The van der Waals surface area contributed by atoms with Crippen LogP contribution in [0.3, 0.4) is 0 Å². The lowest BCUT2D eigenvalue weighted by molar-refractivity contribution is -0.116. The van der Waals surface area contributed by atoms with Gasteiger partial charge in [-0.05, 0) is 38.0 Å². The Kier molecular flexibility index (Phi) is 3.32. The van der Waals surface area contributed by atoms with E-state index in [1.54, 1.807) is 0 Å². The summed E-state index contributed by atoms with van der Waals surface area (Å²) in [6.07, 6.45) is 1.37. The maximum atomic E-state index is 11.4. The molecule has 0 bridgehead atoms. The quantitative estimate of drug-likeness (QED) is 0.781. The molecule has 2 aliphatic rings. The average Bonchev–Trinajstić information content (AvgIpc) is 2.36. The molecule has 1 saturated heterocycles. The Morgan fingerprint density at radius 1 is 1.35 bits per heavy atom. The van der Waals surface area contributed by atoms with E-state index < -0.39 is 0 Å². The molecule has 0 unspecified atom stereocenters. The molecule has 0 saturated carbocycles. The summed E-state index contributed by atoms with van der Waals surface area (Å²) in [4.78, 5) is 13.8. The van der Waals surface area contributed by atoms with Crippen LogP contribution in [0.5, 0.6) is 0 Å². The van der Waals surface area contributed by atoms with E-state index in [4.69, 9.17) is 5.73 Å². The first-order valence-electron chi connectivity index (χ1n) is 7.06. The van der Waals surface area contributed by atoms with Crippen molar-refractivity contribution in [2.24, 2.45) is 0 Å². The molecule has 1 amide bonds.